The minimum atomic E-state index is -0.953. The molecule has 0 bridgehead atoms. The van der Waals surface area contributed by atoms with Gasteiger partial charge in [0.1, 0.15) is 0 Å². The number of ether oxygens (including phenoxy) is 2. The van der Waals surface area contributed by atoms with E-state index < -0.39 is 23.9 Å². The van der Waals surface area contributed by atoms with E-state index in [4.69, 9.17) is 19.7 Å². The van der Waals surface area contributed by atoms with Gasteiger partial charge in [0.05, 0.1) is 17.7 Å². The second kappa shape index (κ2) is 13.4. The van der Waals surface area contributed by atoms with E-state index in [1.165, 1.54) is 12.1 Å². The van der Waals surface area contributed by atoms with Crippen molar-refractivity contribution >= 4 is 23.9 Å². The highest BCUT2D eigenvalue weighted by Crippen LogP contribution is 2.13. The first-order valence-electron chi connectivity index (χ1n) is 9.29. The molecule has 1 aromatic rings. The van der Waals surface area contributed by atoms with E-state index in [1.54, 1.807) is 12.1 Å². The molecule has 0 saturated heterocycles. The highest BCUT2D eigenvalue weighted by Gasteiger charge is 2.21. The lowest BCUT2D eigenvalue weighted by Crippen LogP contribution is -2.17. The topological polar surface area (TPSA) is 127 Å². The number of aliphatic hydroxyl groups is 1. The van der Waals surface area contributed by atoms with Crippen molar-refractivity contribution in [1.29, 1.82) is 0 Å². The van der Waals surface area contributed by atoms with Gasteiger partial charge in [-0.3, -0.25) is 9.59 Å². The summed E-state index contributed by atoms with van der Waals surface area (Å²) in [6.07, 6.45) is 3.45. The summed E-state index contributed by atoms with van der Waals surface area (Å²) in [6, 6.07) is 5.90. The average Bonchev–Trinajstić information content (AvgIpc) is 2.67. The summed E-state index contributed by atoms with van der Waals surface area (Å²) < 4.78 is 9.90. The number of hydrogen-bond donors (Lipinski definition) is 2. The Hall–Kier alpha value is -2.74. The molecule has 8 heteroatoms. The molecule has 1 rings (SSSR count). The van der Waals surface area contributed by atoms with Crippen LogP contribution in [0.4, 0.5) is 0 Å². The first kappa shape index (κ1) is 23.3. The Morgan fingerprint density at radius 2 is 1.39 bits per heavy atom. The first-order chi connectivity index (χ1) is 13.5. The number of benzene rings is 1. The van der Waals surface area contributed by atoms with Crippen LogP contribution in [0.2, 0.25) is 0 Å². The molecule has 0 heterocycles. The van der Waals surface area contributed by atoms with Crippen molar-refractivity contribution in [3.05, 3.63) is 35.4 Å². The second-order valence-electron chi connectivity index (χ2n) is 6.18. The Morgan fingerprint density at radius 1 is 0.786 bits per heavy atom. The zero-order chi connectivity index (χ0) is 20.8. The third-order valence-corrected chi connectivity index (χ3v) is 3.88. The Labute approximate surface area is 163 Å². The van der Waals surface area contributed by atoms with Crippen LogP contribution in [0.3, 0.4) is 0 Å². The molecule has 28 heavy (non-hydrogen) atoms. The van der Waals surface area contributed by atoms with Gasteiger partial charge in [-0.05, 0) is 44.2 Å². The number of carbonyl (C=O) groups excluding carboxylic acids is 3. The fourth-order valence-electron chi connectivity index (χ4n) is 2.40. The van der Waals surface area contributed by atoms with E-state index in [-0.39, 0.29) is 37.2 Å². The number of hydrogen-bond acceptors (Lipinski definition) is 7. The van der Waals surface area contributed by atoms with E-state index in [9.17, 15) is 19.2 Å². The fourth-order valence-corrected chi connectivity index (χ4v) is 2.40. The number of rotatable bonds is 13. The van der Waals surface area contributed by atoms with Crippen molar-refractivity contribution in [3.63, 3.8) is 0 Å². The van der Waals surface area contributed by atoms with Crippen LogP contribution in [0, 0.1) is 0 Å². The maximum absolute atomic E-state index is 12.2. The van der Waals surface area contributed by atoms with Crippen molar-refractivity contribution < 1.29 is 38.9 Å². The van der Waals surface area contributed by atoms with Gasteiger partial charge in [-0.15, -0.1) is 0 Å². The zero-order valence-electron chi connectivity index (χ0n) is 15.7. The molecule has 1 aromatic carbocycles. The van der Waals surface area contributed by atoms with Gasteiger partial charge in [0.15, 0.2) is 0 Å². The van der Waals surface area contributed by atoms with Crippen molar-refractivity contribution in [1.82, 2.24) is 0 Å². The molecule has 0 unspecified atom stereocenters. The van der Waals surface area contributed by atoms with Crippen molar-refractivity contribution in [2.24, 2.45) is 0 Å². The molecule has 0 amide bonds. The number of unbranched alkanes of at least 4 members (excludes halogenated alkanes) is 4. The van der Waals surface area contributed by atoms with Crippen LogP contribution < -0.4 is 0 Å². The molecular formula is C20H26O8. The smallest absolute Gasteiger partial charge is 0.346 e. The summed E-state index contributed by atoms with van der Waals surface area (Å²) in [4.78, 5) is 46.6. The molecule has 0 aromatic heterocycles. The van der Waals surface area contributed by atoms with E-state index >= 15 is 0 Å². The predicted molar refractivity (Wildman–Crippen MR) is 98.8 cm³/mol. The van der Waals surface area contributed by atoms with Crippen LogP contribution >= 0.6 is 0 Å². The molecule has 0 radical (unpaired) electrons. The lowest BCUT2D eigenvalue weighted by atomic mass is 10.1. The van der Waals surface area contributed by atoms with E-state index in [2.05, 4.69) is 0 Å². The minimum Gasteiger partial charge on any atom is -0.481 e. The van der Waals surface area contributed by atoms with Crippen LogP contribution in [0.5, 0.6) is 0 Å². The number of aliphatic hydroxyl groups excluding tert-OH is 1. The Kier molecular flexibility index (Phi) is 11.2. The standard InChI is InChI=1S/C20H26O8/c21-13-7-1-2-8-14-27-19(25)15-9-3-4-10-16(15)20(26)28-18(24)12-6-5-11-17(22)23/h3-4,9-10,21H,1-2,5-8,11-14H2,(H,22,23). The quantitative estimate of drug-likeness (QED) is 0.297. The van der Waals surface area contributed by atoms with Crippen LogP contribution in [-0.4, -0.2) is 47.3 Å². The maximum Gasteiger partial charge on any atom is 0.346 e. The Bertz CT molecular complexity index is 668. The molecular weight excluding hydrogens is 368 g/mol. The summed E-state index contributed by atoms with van der Waals surface area (Å²) >= 11 is 0. The minimum absolute atomic E-state index is 0.0153. The van der Waals surface area contributed by atoms with Gasteiger partial charge in [0.25, 0.3) is 0 Å². The summed E-state index contributed by atoms with van der Waals surface area (Å²) in [5, 5.41) is 17.3. The highest BCUT2D eigenvalue weighted by atomic mass is 16.6. The Balaban J connectivity index is 2.52. The number of carbonyl (C=O) groups is 4. The molecule has 0 atom stereocenters. The number of aliphatic carboxylic acids is 1. The maximum atomic E-state index is 12.2. The van der Waals surface area contributed by atoms with Crippen LogP contribution in [0.15, 0.2) is 24.3 Å². The summed E-state index contributed by atoms with van der Waals surface area (Å²) in [5.74, 6) is -3.35. The average molecular weight is 394 g/mol. The largest absolute Gasteiger partial charge is 0.481 e. The Morgan fingerprint density at radius 3 is 2.04 bits per heavy atom. The highest BCUT2D eigenvalue weighted by molar-refractivity contribution is 6.05. The monoisotopic (exact) mass is 394 g/mol. The third-order valence-electron chi connectivity index (χ3n) is 3.88. The zero-order valence-corrected chi connectivity index (χ0v) is 15.7. The third kappa shape index (κ3) is 9.27. The second-order valence-corrected chi connectivity index (χ2v) is 6.18. The van der Waals surface area contributed by atoms with Gasteiger partial charge in [0, 0.05) is 19.4 Å². The predicted octanol–water partition coefficient (Wildman–Crippen LogP) is 2.72. The number of esters is 3. The van der Waals surface area contributed by atoms with Crippen molar-refractivity contribution in [2.45, 2.75) is 51.4 Å². The first-order valence-corrected chi connectivity index (χ1v) is 9.29. The van der Waals surface area contributed by atoms with Gasteiger partial charge in [-0.1, -0.05) is 18.6 Å². The lowest BCUT2D eigenvalue weighted by molar-refractivity contribution is -0.139. The summed E-state index contributed by atoms with van der Waals surface area (Å²) in [7, 11) is 0. The van der Waals surface area contributed by atoms with E-state index in [1.807, 2.05) is 0 Å². The molecule has 2 N–H and O–H groups in total. The molecule has 8 nitrogen and oxygen atoms in total. The SMILES string of the molecule is O=C(O)CCCCC(=O)OC(=O)c1ccccc1C(=O)OCCCCCCO. The van der Waals surface area contributed by atoms with E-state index in [0.717, 1.165) is 12.8 Å². The number of carboxylic acid groups (broad SMARTS) is 1. The molecule has 0 aliphatic heterocycles. The van der Waals surface area contributed by atoms with Crippen molar-refractivity contribution in [3.8, 4) is 0 Å². The van der Waals surface area contributed by atoms with Crippen LogP contribution in [0.25, 0.3) is 0 Å². The van der Waals surface area contributed by atoms with Gasteiger partial charge in [-0.2, -0.15) is 0 Å². The van der Waals surface area contributed by atoms with Gasteiger partial charge < -0.3 is 19.7 Å². The summed E-state index contributed by atoms with van der Waals surface area (Å²) in [5.41, 5.74) is -0.0480. The molecule has 0 fully saturated rings. The van der Waals surface area contributed by atoms with E-state index in [0.29, 0.717) is 25.7 Å². The van der Waals surface area contributed by atoms with Crippen LogP contribution in [-0.2, 0) is 19.1 Å². The molecule has 0 aliphatic rings. The fraction of sp³-hybridized carbons (Fsp3) is 0.500. The van der Waals surface area contributed by atoms with Gasteiger partial charge >= 0.3 is 23.9 Å². The molecule has 0 saturated carbocycles. The van der Waals surface area contributed by atoms with Crippen LogP contribution in [0.1, 0.15) is 72.1 Å². The molecule has 0 aliphatic carbocycles. The summed E-state index contributed by atoms with van der Waals surface area (Å²) in [6.45, 7) is 0.323. The normalized spacial score (nSPS) is 10.3. The van der Waals surface area contributed by atoms with Gasteiger partial charge in [-0.25, -0.2) is 9.59 Å². The van der Waals surface area contributed by atoms with Gasteiger partial charge in [0.2, 0.25) is 0 Å². The van der Waals surface area contributed by atoms with Crippen molar-refractivity contribution in [2.75, 3.05) is 13.2 Å². The number of carboxylic acids is 1. The molecule has 0 spiro atoms. The molecule has 154 valence electrons. The lowest BCUT2D eigenvalue weighted by Gasteiger charge is -2.09.